The first kappa shape index (κ1) is 18.6. The molecule has 1 fully saturated rings. The lowest BCUT2D eigenvalue weighted by Gasteiger charge is -2.26. The number of carbonyl (C=O) groups is 1. The number of likely N-dealkylation sites (tertiary alicyclic amines) is 1. The molecule has 1 aliphatic heterocycles. The summed E-state index contributed by atoms with van der Waals surface area (Å²) in [6.45, 7) is 5.09. The lowest BCUT2D eigenvalue weighted by atomic mass is 10.1. The highest BCUT2D eigenvalue weighted by Crippen LogP contribution is 2.22. The minimum absolute atomic E-state index is 0.259. The number of nitrogens with zero attached hydrogens (tertiary/aromatic N) is 2. The number of hydrogen-bond acceptors (Lipinski definition) is 3. The van der Waals surface area contributed by atoms with Crippen molar-refractivity contribution in [2.45, 2.75) is 32.7 Å². The first-order valence-electron chi connectivity index (χ1n) is 9.78. The number of aryl methyl sites for hydroxylation is 1. The van der Waals surface area contributed by atoms with Gasteiger partial charge in [0.1, 0.15) is 5.82 Å². The maximum absolute atomic E-state index is 13.7. The number of anilines is 1. The Kier molecular flexibility index (Phi) is 5.35. The molecule has 0 saturated carbocycles. The predicted octanol–water partition coefficient (Wildman–Crippen LogP) is 4.92. The third-order valence-electron chi connectivity index (χ3n) is 5.21. The normalized spacial score (nSPS) is 14.9. The Morgan fingerprint density at radius 3 is 2.57 bits per heavy atom. The summed E-state index contributed by atoms with van der Waals surface area (Å²) in [4.78, 5) is 19.7. The number of carbonyl (C=O) groups excluding carboxylic acids is 1. The molecule has 2 aromatic carbocycles. The van der Waals surface area contributed by atoms with Crippen molar-refractivity contribution in [3.63, 3.8) is 0 Å². The Morgan fingerprint density at radius 2 is 1.82 bits per heavy atom. The van der Waals surface area contributed by atoms with Gasteiger partial charge in [-0.25, -0.2) is 4.39 Å². The van der Waals surface area contributed by atoms with Crippen LogP contribution < -0.4 is 5.32 Å². The van der Waals surface area contributed by atoms with Gasteiger partial charge in [-0.3, -0.25) is 14.7 Å². The number of nitrogens with one attached hydrogen (secondary N) is 1. The predicted molar refractivity (Wildman–Crippen MR) is 110 cm³/mol. The summed E-state index contributed by atoms with van der Waals surface area (Å²) in [7, 11) is 0. The highest BCUT2D eigenvalue weighted by atomic mass is 19.1. The molecule has 0 radical (unpaired) electrons. The van der Waals surface area contributed by atoms with Gasteiger partial charge in [-0.15, -0.1) is 0 Å². The molecule has 4 nitrogen and oxygen atoms in total. The first-order chi connectivity index (χ1) is 13.6. The van der Waals surface area contributed by atoms with Crippen LogP contribution in [0.4, 0.5) is 10.1 Å². The van der Waals surface area contributed by atoms with Crippen LogP contribution in [-0.4, -0.2) is 28.9 Å². The first-order valence-corrected chi connectivity index (χ1v) is 9.78. The van der Waals surface area contributed by atoms with E-state index in [1.54, 1.807) is 12.1 Å². The van der Waals surface area contributed by atoms with Gasteiger partial charge in [0.2, 0.25) is 0 Å². The molecule has 1 N–H and O–H groups in total. The zero-order valence-corrected chi connectivity index (χ0v) is 16.0. The molecule has 0 spiro atoms. The van der Waals surface area contributed by atoms with E-state index in [4.69, 9.17) is 0 Å². The molecule has 1 saturated heterocycles. The van der Waals surface area contributed by atoms with Gasteiger partial charge in [0.15, 0.2) is 0 Å². The van der Waals surface area contributed by atoms with Crippen molar-refractivity contribution in [3.05, 3.63) is 71.2 Å². The second-order valence-electron chi connectivity index (χ2n) is 7.46. The smallest absolute Gasteiger partial charge is 0.256 e. The highest BCUT2D eigenvalue weighted by molar-refractivity contribution is 6.12. The van der Waals surface area contributed by atoms with Gasteiger partial charge >= 0.3 is 0 Å². The van der Waals surface area contributed by atoms with E-state index < -0.39 is 0 Å². The van der Waals surface area contributed by atoms with E-state index in [1.165, 1.54) is 37.0 Å². The van der Waals surface area contributed by atoms with Gasteiger partial charge in [-0.1, -0.05) is 18.6 Å². The fourth-order valence-electron chi connectivity index (χ4n) is 3.79. The summed E-state index contributed by atoms with van der Waals surface area (Å²) in [5.74, 6) is -0.640. The van der Waals surface area contributed by atoms with E-state index in [0.717, 1.165) is 31.0 Å². The van der Waals surface area contributed by atoms with Crippen molar-refractivity contribution in [3.8, 4) is 0 Å². The molecule has 2 heterocycles. The topological polar surface area (TPSA) is 45.2 Å². The number of amides is 1. The molecule has 3 aromatic rings. The van der Waals surface area contributed by atoms with Crippen LogP contribution in [0.15, 0.2) is 48.5 Å². The van der Waals surface area contributed by atoms with E-state index >= 15 is 0 Å². The quantitative estimate of drug-likeness (QED) is 0.702. The van der Waals surface area contributed by atoms with Gasteiger partial charge in [0, 0.05) is 23.3 Å². The third-order valence-corrected chi connectivity index (χ3v) is 5.21. The Balaban J connectivity index is 1.50. The second kappa shape index (κ2) is 8.07. The summed E-state index contributed by atoms with van der Waals surface area (Å²) >= 11 is 0. The van der Waals surface area contributed by atoms with E-state index in [9.17, 15) is 9.18 Å². The van der Waals surface area contributed by atoms with Crippen molar-refractivity contribution in [1.82, 2.24) is 9.88 Å². The largest absolute Gasteiger partial charge is 0.322 e. The Morgan fingerprint density at radius 1 is 1.07 bits per heavy atom. The van der Waals surface area contributed by atoms with Gasteiger partial charge in [0.25, 0.3) is 5.91 Å². The highest BCUT2D eigenvalue weighted by Gasteiger charge is 2.14. The SMILES string of the molecule is Cc1cc(C(=O)Nc2ccc(CN3CCCCC3)cc2)c2cc(F)ccc2n1. The lowest BCUT2D eigenvalue weighted by molar-refractivity contribution is 0.102. The van der Waals surface area contributed by atoms with E-state index in [0.29, 0.717) is 16.5 Å². The maximum atomic E-state index is 13.7. The number of halogens is 1. The van der Waals surface area contributed by atoms with E-state index in [-0.39, 0.29) is 11.7 Å². The number of fused-ring (bicyclic) bond motifs is 1. The Hall–Kier alpha value is -2.79. The molecule has 1 amide bonds. The van der Waals surface area contributed by atoms with Gasteiger partial charge in [-0.2, -0.15) is 0 Å². The minimum Gasteiger partial charge on any atom is -0.322 e. The maximum Gasteiger partial charge on any atom is 0.256 e. The van der Waals surface area contributed by atoms with Crippen molar-refractivity contribution in [2.24, 2.45) is 0 Å². The molecule has 0 unspecified atom stereocenters. The standard InChI is InChI=1S/C23H24FN3O/c1-16-13-21(20-14-18(24)7-10-22(20)25-16)23(28)26-19-8-5-17(6-9-19)15-27-11-3-2-4-12-27/h5-10,13-14H,2-4,11-12,15H2,1H3,(H,26,28). The number of pyridine rings is 1. The van der Waals surface area contributed by atoms with E-state index in [1.807, 2.05) is 19.1 Å². The van der Waals surface area contributed by atoms with Crippen LogP contribution in [0.1, 0.15) is 40.9 Å². The molecule has 1 aromatic heterocycles. The molecule has 0 aliphatic carbocycles. The molecule has 4 rings (SSSR count). The summed E-state index contributed by atoms with van der Waals surface area (Å²) in [5.41, 5.74) is 3.74. The van der Waals surface area contributed by atoms with Crippen LogP contribution in [0.5, 0.6) is 0 Å². The van der Waals surface area contributed by atoms with Crippen molar-refractivity contribution in [2.75, 3.05) is 18.4 Å². The molecule has 28 heavy (non-hydrogen) atoms. The average Bonchev–Trinajstić information content (AvgIpc) is 2.70. The summed E-state index contributed by atoms with van der Waals surface area (Å²) < 4.78 is 13.7. The number of aromatic nitrogens is 1. The lowest BCUT2D eigenvalue weighted by Crippen LogP contribution is -2.29. The Bertz CT molecular complexity index is 995. The zero-order chi connectivity index (χ0) is 19.5. The number of rotatable bonds is 4. The van der Waals surface area contributed by atoms with Crippen LogP contribution in [0.2, 0.25) is 0 Å². The average molecular weight is 377 g/mol. The fraction of sp³-hybridized carbons (Fsp3) is 0.304. The molecular formula is C23H24FN3O. The number of benzene rings is 2. The van der Waals surface area contributed by atoms with E-state index in [2.05, 4.69) is 27.3 Å². The number of piperidine rings is 1. The van der Waals surface area contributed by atoms with Crippen molar-refractivity contribution < 1.29 is 9.18 Å². The molecule has 0 bridgehead atoms. The second-order valence-corrected chi connectivity index (χ2v) is 7.46. The van der Waals surface area contributed by atoms with Crippen molar-refractivity contribution in [1.29, 1.82) is 0 Å². The molecule has 0 atom stereocenters. The van der Waals surface area contributed by atoms with Gasteiger partial charge < -0.3 is 5.32 Å². The van der Waals surface area contributed by atoms with Crippen LogP contribution in [-0.2, 0) is 6.54 Å². The minimum atomic E-state index is -0.380. The van der Waals surface area contributed by atoms with Crippen molar-refractivity contribution >= 4 is 22.5 Å². The zero-order valence-electron chi connectivity index (χ0n) is 16.0. The molecule has 1 aliphatic rings. The Labute approximate surface area is 164 Å². The summed E-state index contributed by atoms with van der Waals surface area (Å²) in [6.07, 6.45) is 3.87. The monoisotopic (exact) mass is 377 g/mol. The fourth-order valence-corrected chi connectivity index (χ4v) is 3.79. The van der Waals surface area contributed by atoms with Crippen LogP contribution >= 0.6 is 0 Å². The van der Waals surface area contributed by atoms with Gasteiger partial charge in [0.05, 0.1) is 11.1 Å². The summed E-state index contributed by atoms with van der Waals surface area (Å²) in [5, 5.41) is 3.44. The molecule has 5 heteroatoms. The third kappa shape index (κ3) is 4.20. The summed E-state index contributed by atoms with van der Waals surface area (Å²) in [6, 6.07) is 14.0. The van der Waals surface area contributed by atoms with Crippen LogP contribution in [0.25, 0.3) is 10.9 Å². The van der Waals surface area contributed by atoms with Crippen LogP contribution in [0, 0.1) is 12.7 Å². The van der Waals surface area contributed by atoms with Gasteiger partial charge in [-0.05, 0) is 74.8 Å². The molecule has 144 valence electrons. The number of hydrogen-bond donors (Lipinski definition) is 1. The van der Waals surface area contributed by atoms with Crippen LogP contribution in [0.3, 0.4) is 0 Å². The molecular weight excluding hydrogens is 353 g/mol.